The molecule has 1 unspecified atom stereocenters. The Kier molecular flexibility index (Phi) is 6.13. The number of benzene rings is 1. The average Bonchev–Trinajstić information content (AvgIpc) is 3.37. The molecular weight excluding hydrogens is 449 g/mol. The minimum atomic E-state index is -0.602. The number of rotatable bonds is 7. The van der Waals surface area contributed by atoms with Gasteiger partial charge in [0.2, 0.25) is 0 Å². The van der Waals surface area contributed by atoms with E-state index >= 15 is 0 Å². The van der Waals surface area contributed by atoms with Crippen molar-refractivity contribution in [3.05, 3.63) is 35.2 Å². The van der Waals surface area contributed by atoms with Crippen LogP contribution in [0, 0.1) is 22.4 Å². The first kappa shape index (κ1) is 21.4. The number of thiazole rings is 1. The average molecular weight is 472 g/mol. The van der Waals surface area contributed by atoms with E-state index in [1.165, 1.54) is 12.8 Å². The predicted molar refractivity (Wildman–Crippen MR) is 121 cm³/mol. The molecule has 0 radical (unpaired) electrons. The minimum Gasteiger partial charge on any atom is -0.381 e. The molecule has 0 spiro atoms. The first-order valence-electron chi connectivity index (χ1n) is 10.7. The summed E-state index contributed by atoms with van der Waals surface area (Å²) in [6.45, 7) is 1.36. The van der Waals surface area contributed by atoms with E-state index in [0.717, 1.165) is 46.2 Å². The van der Waals surface area contributed by atoms with Crippen molar-refractivity contribution in [3.63, 3.8) is 0 Å². The van der Waals surface area contributed by atoms with Crippen LogP contribution in [0.5, 0.6) is 0 Å². The van der Waals surface area contributed by atoms with Gasteiger partial charge in [-0.2, -0.15) is 14.8 Å². The number of ether oxygens (including phenoxy) is 1. The number of aromatic nitrogens is 3. The number of hydrogen-bond acceptors (Lipinski definition) is 7. The highest BCUT2D eigenvalue weighted by molar-refractivity contribution is 8.00. The van der Waals surface area contributed by atoms with Gasteiger partial charge in [-0.1, -0.05) is 11.3 Å². The van der Waals surface area contributed by atoms with Crippen LogP contribution in [0.1, 0.15) is 43.7 Å². The van der Waals surface area contributed by atoms with Gasteiger partial charge in [0.15, 0.2) is 10.3 Å². The maximum Gasteiger partial charge on any atom is 0.251 e. The van der Waals surface area contributed by atoms with Gasteiger partial charge in [-0.05, 0) is 50.2 Å². The van der Waals surface area contributed by atoms with E-state index in [1.807, 2.05) is 6.07 Å². The number of nitrogens with zero attached hydrogens (tertiary/aromatic N) is 4. The molecule has 1 saturated heterocycles. The van der Waals surface area contributed by atoms with Crippen molar-refractivity contribution in [2.24, 2.45) is 5.92 Å². The molecule has 1 N–H and O–H groups in total. The van der Waals surface area contributed by atoms with Gasteiger partial charge >= 0.3 is 0 Å². The lowest BCUT2D eigenvalue weighted by Gasteiger charge is -2.26. The monoisotopic (exact) mass is 471 g/mol. The molecule has 5 rings (SSSR count). The van der Waals surface area contributed by atoms with E-state index in [1.54, 1.807) is 28.7 Å². The van der Waals surface area contributed by atoms with Crippen LogP contribution in [-0.2, 0) is 9.53 Å². The number of carbonyl (C=O) groups excluding carboxylic acids is 1. The predicted octanol–water partition coefficient (Wildman–Crippen LogP) is 4.75. The summed E-state index contributed by atoms with van der Waals surface area (Å²) in [6, 6.07) is 5.34. The second-order valence-corrected chi connectivity index (χ2v) is 10.5. The van der Waals surface area contributed by atoms with Crippen LogP contribution in [0.15, 0.2) is 29.4 Å². The smallest absolute Gasteiger partial charge is 0.251 e. The van der Waals surface area contributed by atoms with Gasteiger partial charge in [0.25, 0.3) is 5.91 Å². The Morgan fingerprint density at radius 3 is 2.84 bits per heavy atom. The van der Waals surface area contributed by atoms with Crippen LogP contribution in [-0.4, -0.2) is 39.1 Å². The van der Waals surface area contributed by atoms with Crippen LogP contribution >= 0.6 is 23.1 Å². The molecule has 0 bridgehead atoms. The normalized spacial score (nSPS) is 17.9. The fourth-order valence-corrected chi connectivity index (χ4v) is 5.76. The second kappa shape index (κ2) is 9.17. The maximum atomic E-state index is 13.4. The topological polar surface area (TPSA) is 92.8 Å². The number of thioether (sulfide) groups is 1. The number of amides is 1. The fourth-order valence-electron chi connectivity index (χ4n) is 4.01. The van der Waals surface area contributed by atoms with Crippen LogP contribution in [0.25, 0.3) is 10.9 Å². The SMILES string of the molecule is N#Cc1cc(SC2CC2)c2cnn(C(CC3CCOCC3)C(=O)Nc3ncc(F)s3)c2c1. The Labute approximate surface area is 193 Å². The third-order valence-corrected chi connectivity index (χ3v) is 7.93. The summed E-state index contributed by atoms with van der Waals surface area (Å²) in [6.07, 6.45) is 7.57. The largest absolute Gasteiger partial charge is 0.381 e. The second-order valence-electron chi connectivity index (χ2n) is 8.19. The van der Waals surface area contributed by atoms with Gasteiger partial charge in [-0.15, -0.1) is 11.8 Å². The highest BCUT2D eigenvalue weighted by atomic mass is 32.2. The van der Waals surface area contributed by atoms with Crippen LogP contribution < -0.4 is 5.32 Å². The summed E-state index contributed by atoms with van der Waals surface area (Å²) in [5, 5.41) is 18.2. The Morgan fingerprint density at radius 1 is 1.34 bits per heavy atom. The first-order valence-corrected chi connectivity index (χ1v) is 12.4. The summed E-state index contributed by atoms with van der Waals surface area (Å²) in [4.78, 5) is 18.3. The number of nitrogens with one attached hydrogen (secondary N) is 1. The zero-order chi connectivity index (χ0) is 22.1. The molecule has 2 aliphatic rings. The minimum absolute atomic E-state index is 0.226. The lowest BCUT2D eigenvalue weighted by molar-refractivity contribution is -0.120. The highest BCUT2D eigenvalue weighted by Gasteiger charge is 2.30. The molecule has 32 heavy (non-hydrogen) atoms. The summed E-state index contributed by atoms with van der Waals surface area (Å²) < 4.78 is 20.6. The molecule has 2 fully saturated rings. The number of fused-ring (bicyclic) bond motifs is 1. The number of nitriles is 1. The first-order chi connectivity index (χ1) is 15.6. The van der Waals surface area contributed by atoms with Gasteiger partial charge in [-0.3, -0.25) is 9.48 Å². The van der Waals surface area contributed by atoms with Crippen LogP contribution in [0.4, 0.5) is 9.52 Å². The molecule has 1 aliphatic carbocycles. The standard InChI is InChI=1S/C22H22FN5O2S2/c23-20-12-25-22(32-20)27-21(29)18(7-13-3-5-30-6-4-13)28-17-8-14(10-24)9-19(16(17)11-26-28)31-15-1-2-15/h8-9,11-13,15,18H,1-7H2,(H,25,27,29). The van der Waals surface area contributed by atoms with Gasteiger partial charge < -0.3 is 10.1 Å². The van der Waals surface area contributed by atoms with Crippen molar-refractivity contribution >= 4 is 45.0 Å². The van der Waals surface area contributed by atoms with Crippen molar-refractivity contribution in [2.75, 3.05) is 18.5 Å². The zero-order valence-electron chi connectivity index (χ0n) is 17.3. The molecule has 2 aromatic heterocycles. The van der Waals surface area contributed by atoms with E-state index in [9.17, 15) is 14.4 Å². The molecular formula is C22H22FN5O2S2. The van der Waals surface area contributed by atoms with E-state index in [4.69, 9.17) is 4.74 Å². The fraction of sp³-hybridized carbons (Fsp3) is 0.455. The molecule has 7 nitrogen and oxygen atoms in total. The van der Waals surface area contributed by atoms with E-state index in [2.05, 4.69) is 21.5 Å². The molecule has 10 heteroatoms. The van der Waals surface area contributed by atoms with Gasteiger partial charge in [0.05, 0.1) is 29.5 Å². The van der Waals surface area contributed by atoms with Crippen molar-refractivity contribution in [2.45, 2.75) is 48.3 Å². The Hall–Kier alpha value is -2.48. The number of carbonyl (C=O) groups is 1. The molecule has 1 amide bonds. The maximum absolute atomic E-state index is 13.4. The van der Waals surface area contributed by atoms with Crippen LogP contribution in [0.3, 0.4) is 0 Å². The highest BCUT2D eigenvalue weighted by Crippen LogP contribution is 2.42. The number of anilines is 1. The molecule has 166 valence electrons. The van der Waals surface area contributed by atoms with Crippen molar-refractivity contribution in [1.29, 1.82) is 5.26 Å². The molecule has 1 atom stereocenters. The molecule has 1 saturated carbocycles. The van der Waals surface area contributed by atoms with E-state index < -0.39 is 11.2 Å². The Morgan fingerprint density at radius 2 is 2.16 bits per heavy atom. The zero-order valence-corrected chi connectivity index (χ0v) is 18.9. The van der Waals surface area contributed by atoms with Gasteiger partial charge in [0, 0.05) is 28.7 Å². The van der Waals surface area contributed by atoms with E-state index in [0.29, 0.717) is 36.4 Å². The number of hydrogen-bond donors (Lipinski definition) is 1. The quantitative estimate of drug-likeness (QED) is 0.534. The van der Waals surface area contributed by atoms with Crippen molar-refractivity contribution < 1.29 is 13.9 Å². The molecule has 1 aliphatic heterocycles. The summed E-state index contributed by atoms with van der Waals surface area (Å²) >= 11 is 2.57. The van der Waals surface area contributed by atoms with Gasteiger partial charge in [-0.25, -0.2) is 4.98 Å². The lowest BCUT2D eigenvalue weighted by atomic mass is 9.92. The van der Waals surface area contributed by atoms with E-state index in [-0.39, 0.29) is 11.0 Å². The summed E-state index contributed by atoms with van der Waals surface area (Å²) in [5.74, 6) is 0.0286. The number of halogens is 1. The van der Waals surface area contributed by atoms with Gasteiger partial charge in [0.1, 0.15) is 6.04 Å². The lowest BCUT2D eigenvalue weighted by Crippen LogP contribution is -2.30. The molecule has 1 aromatic carbocycles. The van der Waals surface area contributed by atoms with Crippen molar-refractivity contribution in [3.8, 4) is 6.07 Å². The Bertz CT molecular complexity index is 1180. The molecule has 3 aromatic rings. The van der Waals surface area contributed by atoms with Crippen molar-refractivity contribution in [1.82, 2.24) is 14.8 Å². The Balaban J connectivity index is 1.51. The summed E-state index contributed by atoms with van der Waals surface area (Å²) in [7, 11) is 0. The third-order valence-electron chi connectivity index (χ3n) is 5.83. The van der Waals surface area contributed by atoms with Crippen LogP contribution in [0.2, 0.25) is 0 Å². The third kappa shape index (κ3) is 4.65. The summed E-state index contributed by atoms with van der Waals surface area (Å²) in [5.41, 5.74) is 1.32. The molecule has 3 heterocycles.